The van der Waals surface area contributed by atoms with Gasteiger partial charge in [-0.1, -0.05) is 25.1 Å². The van der Waals surface area contributed by atoms with Crippen LogP contribution >= 0.6 is 0 Å². The highest BCUT2D eigenvalue weighted by atomic mass is 16.1. The molecule has 19 heavy (non-hydrogen) atoms. The van der Waals surface area contributed by atoms with E-state index in [4.69, 9.17) is 11.5 Å². The van der Waals surface area contributed by atoms with Crippen molar-refractivity contribution in [1.82, 2.24) is 0 Å². The molecule has 1 amide bonds. The van der Waals surface area contributed by atoms with Crippen LogP contribution in [0.25, 0.3) is 0 Å². The third-order valence-electron chi connectivity index (χ3n) is 3.94. The van der Waals surface area contributed by atoms with E-state index in [0.717, 1.165) is 37.1 Å². The Morgan fingerprint density at radius 1 is 1.47 bits per heavy atom. The Labute approximate surface area is 114 Å². The lowest BCUT2D eigenvalue weighted by atomic mass is 9.95. The first kappa shape index (κ1) is 13.9. The SMILES string of the molecule is CCC(N)c1ccccc1N1CCCC(C(N)=O)C1. The number of primary amides is 1. The van der Waals surface area contributed by atoms with Crippen LogP contribution in [-0.4, -0.2) is 19.0 Å². The minimum Gasteiger partial charge on any atom is -0.370 e. The van der Waals surface area contributed by atoms with Gasteiger partial charge >= 0.3 is 0 Å². The van der Waals surface area contributed by atoms with Gasteiger partial charge < -0.3 is 16.4 Å². The highest BCUT2D eigenvalue weighted by Crippen LogP contribution is 2.30. The molecule has 4 nitrogen and oxygen atoms in total. The molecule has 0 saturated carbocycles. The van der Waals surface area contributed by atoms with Crippen molar-refractivity contribution in [3.8, 4) is 0 Å². The lowest BCUT2D eigenvalue weighted by molar-refractivity contribution is -0.122. The summed E-state index contributed by atoms with van der Waals surface area (Å²) in [6.45, 7) is 3.77. The lowest BCUT2D eigenvalue weighted by Gasteiger charge is -2.35. The Morgan fingerprint density at radius 3 is 2.89 bits per heavy atom. The van der Waals surface area contributed by atoms with Crippen LogP contribution in [0.15, 0.2) is 24.3 Å². The van der Waals surface area contributed by atoms with Gasteiger partial charge in [0.1, 0.15) is 0 Å². The normalized spacial score (nSPS) is 21.2. The molecule has 1 aliphatic heterocycles. The fraction of sp³-hybridized carbons (Fsp3) is 0.533. The Balaban J connectivity index is 2.23. The molecule has 104 valence electrons. The zero-order chi connectivity index (χ0) is 13.8. The van der Waals surface area contributed by atoms with Crippen LogP contribution in [0.4, 0.5) is 5.69 Å². The van der Waals surface area contributed by atoms with E-state index < -0.39 is 0 Å². The number of anilines is 1. The van der Waals surface area contributed by atoms with Crippen molar-refractivity contribution in [3.05, 3.63) is 29.8 Å². The zero-order valence-corrected chi connectivity index (χ0v) is 11.5. The van der Waals surface area contributed by atoms with E-state index in [-0.39, 0.29) is 17.9 Å². The number of piperidine rings is 1. The fourth-order valence-corrected chi connectivity index (χ4v) is 2.74. The van der Waals surface area contributed by atoms with E-state index in [1.54, 1.807) is 0 Å². The third kappa shape index (κ3) is 3.07. The second kappa shape index (κ2) is 6.06. The van der Waals surface area contributed by atoms with Crippen molar-refractivity contribution in [2.24, 2.45) is 17.4 Å². The smallest absolute Gasteiger partial charge is 0.222 e. The molecule has 4 N–H and O–H groups in total. The maximum Gasteiger partial charge on any atom is 0.222 e. The molecule has 2 rings (SSSR count). The number of amides is 1. The molecule has 2 atom stereocenters. The largest absolute Gasteiger partial charge is 0.370 e. The molecule has 0 bridgehead atoms. The van der Waals surface area contributed by atoms with Crippen molar-refractivity contribution in [3.63, 3.8) is 0 Å². The monoisotopic (exact) mass is 261 g/mol. The minimum atomic E-state index is -0.193. The maximum absolute atomic E-state index is 11.4. The van der Waals surface area contributed by atoms with Crippen LogP contribution in [0.1, 0.15) is 37.8 Å². The number of para-hydroxylation sites is 1. The summed E-state index contributed by atoms with van der Waals surface area (Å²) in [5.41, 5.74) is 13.9. The summed E-state index contributed by atoms with van der Waals surface area (Å²) in [7, 11) is 0. The van der Waals surface area contributed by atoms with Crippen LogP contribution < -0.4 is 16.4 Å². The molecule has 1 saturated heterocycles. The predicted molar refractivity (Wildman–Crippen MR) is 77.8 cm³/mol. The number of hydrogen-bond acceptors (Lipinski definition) is 3. The van der Waals surface area contributed by atoms with E-state index in [9.17, 15) is 4.79 Å². The third-order valence-corrected chi connectivity index (χ3v) is 3.94. The second-order valence-corrected chi connectivity index (χ2v) is 5.26. The van der Waals surface area contributed by atoms with Gasteiger partial charge in [0.05, 0.1) is 5.92 Å². The van der Waals surface area contributed by atoms with Gasteiger partial charge in [0, 0.05) is 24.8 Å². The molecule has 1 aliphatic rings. The second-order valence-electron chi connectivity index (χ2n) is 5.26. The maximum atomic E-state index is 11.4. The van der Waals surface area contributed by atoms with E-state index in [2.05, 4.69) is 24.0 Å². The van der Waals surface area contributed by atoms with E-state index in [0.29, 0.717) is 6.54 Å². The molecule has 0 spiro atoms. The molecule has 0 aliphatic carbocycles. The van der Waals surface area contributed by atoms with E-state index in [1.807, 2.05) is 12.1 Å². The Kier molecular flexibility index (Phi) is 4.43. The molecule has 1 aromatic rings. The van der Waals surface area contributed by atoms with Crippen LogP contribution in [-0.2, 0) is 4.79 Å². The van der Waals surface area contributed by atoms with Crippen molar-refractivity contribution in [1.29, 1.82) is 0 Å². The average Bonchev–Trinajstić information content (AvgIpc) is 2.46. The summed E-state index contributed by atoms with van der Waals surface area (Å²) in [4.78, 5) is 13.6. The molecule has 1 aromatic carbocycles. The quantitative estimate of drug-likeness (QED) is 0.868. The molecule has 1 heterocycles. The summed E-state index contributed by atoms with van der Waals surface area (Å²) in [6.07, 6.45) is 2.81. The Bertz CT molecular complexity index is 447. The molecular formula is C15H23N3O. The van der Waals surface area contributed by atoms with Crippen LogP contribution in [0.5, 0.6) is 0 Å². The summed E-state index contributed by atoms with van der Waals surface area (Å²) >= 11 is 0. The summed E-state index contributed by atoms with van der Waals surface area (Å²) in [5, 5.41) is 0. The number of benzene rings is 1. The highest BCUT2D eigenvalue weighted by Gasteiger charge is 2.25. The van der Waals surface area contributed by atoms with Crippen molar-refractivity contribution >= 4 is 11.6 Å². The summed E-state index contributed by atoms with van der Waals surface area (Å²) in [5.74, 6) is -0.235. The van der Waals surface area contributed by atoms with Gasteiger partial charge in [-0.25, -0.2) is 0 Å². The first-order chi connectivity index (χ1) is 9.13. The van der Waals surface area contributed by atoms with Gasteiger partial charge in [0.25, 0.3) is 0 Å². The standard InChI is InChI=1S/C15H23N3O/c1-2-13(16)12-7-3-4-8-14(12)18-9-5-6-11(10-18)15(17)19/h3-4,7-8,11,13H,2,5-6,9-10,16H2,1H3,(H2,17,19). The molecule has 0 aromatic heterocycles. The van der Waals surface area contributed by atoms with Gasteiger partial charge in [-0.3, -0.25) is 4.79 Å². The van der Waals surface area contributed by atoms with Crippen LogP contribution in [0.3, 0.4) is 0 Å². The molecule has 2 unspecified atom stereocenters. The van der Waals surface area contributed by atoms with Gasteiger partial charge in [0.2, 0.25) is 5.91 Å². The molecule has 1 fully saturated rings. The number of nitrogens with zero attached hydrogens (tertiary/aromatic N) is 1. The van der Waals surface area contributed by atoms with E-state index in [1.165, 1.54) is 0 Å². The zero-order valence-electron chi connectivity index (χ0n) is 11.5. The number of nitrogens with two attached hydrogens (primary N) is 2. The van der Waals surface area contributed by atoms with Crippen LogP contribution in [0, 0.1) is 5.92 Å². The first-order valence-electron chi connectivity index (χ1n) is 7.02. The van der Waals surface area contributed by atoms with Crippen molar-refractivity contribution in [2.75, 3.05) is 18.0 Å². The number of carbonyl (C=O) groups excluding carboxylic acids is 1. The van der Waals surface area contributed by atoms with Crippen molar-refractivity contribution < 1.29 is 4.79 Å². The van der Waals surface area contributed by atoms with Gasteiger partial charge in [-0.15, -0.1) is 0 Å². The van der Waals surface area contributed by atoms with Crippen molar-refractivity contribution in [2.45, 2.75) is 32.2 Å². The number of hydrogen-bond donors (Lipinski definition) is 2. The number of rotatable bonds is 4. The summed E-state index contributed by atoms with van der Waals surface area (Å²) in [6, 6.07) is 8.26. The van der Waals surface area contributed by atoms with Gasteiger partial charge in [-0.2, -0.15) is 0 Å². The fourth-order valence-electron chi connectivity index (χ4n) is 2.74. The molecular weight excluding hydrogens is 238 g/mol. The number of carbonyl (C=O) groups is 1. The Morgan fingerprint density at radius 2 is 2.21 bits per heavy atom. The highest BCUT2D eigenvalue weighted by molar-refractivity contribution is 5.77. The summed E-state index contributed by atoms with van der Waals surface area (Å²) < 4.78 is 0. The Hall–Kier alpha value is -1.55. The topological polar surface area (TPSA) is 72.3 Å². The van der Waals surface area contributed by atoms with Gasteiger partial charge in [-0.05, 0) is 30.9 Å². The average molecular weight is 261 g/mol. The molecule has 0 radical (unpaired) electrons. The van der Waals surface area contributed by atoms with Crippen LogP contribution in [0.2, 0.25) is 0 Å². The van der Waals surface area contributed by atoms with Gasteiger partial charge in [0.15, 0.2) is 0 Å². The lowest BCUT2D eigenvalue weighted by Crippen LogP contribution is -2.41. The van der Waals surface area contributed by atoms with E-state index >= 15 is 0 Å². The predicted octanol–water partition coefficient (Wildman–Crippen LogP) is 1.80. The first-order valence-corrected chi connectivity index (χ1v) is 7.02. The minimum absolute atomic E-state index is 0.0420. The molecule has 4 heteroatoms.